The van der Waals surface area contributed by atoms with Gasteiger partial charge in [-0.1, -0.05) is 68.3 Å². The summed E-state index contributed by atoms with van der Waals surface area (Å²) < 4.78 is 12.5. The lowest BCUT2D eigenvalue weighted by molar-refractivity contribution is 0.165. The maximum atomic E-state index is 12.5. The highest BCUT2D eigenvalue weighted by atomic mass is 19.1. The summed E-state index contributed by atoms with van der Waals surface area (Å²) in [5.74, 6) is 3.72. The molecule has 0 amide bonds. The van der Waals surface area contributed by atoms with Crippen LogP contribution < -0.4 is 0 Å². The summed E-state index contributed by atoms with van der Waals surface area (Å²) in [5.41, 5.74) is 5.09. The highest BCUT2D eigenvalue weighted by Gasteiger charge is 2.30. The second kappa shape index (κ2) is 9.25. The minimum atomic E-state index is -0.282. The largest absolute Gasteiger partial charge is 0.251 e. The highest BCUT2D eigenvalue weighted by Crippen LogP contribution is 2.44. The molecule has 2 aliphatic rings. The van der Waals surface area contributed by atoms with Gasteiger partial charge in [0, 0.05) is 6.42 Å². The van der Waals surface area contributed by atoms with E-state index >= 15 is 0 Å². The molecule has 0 saturated heterocycles. The third kappa shape index (κ3) is 4.67. The van der Waals surface area contributed by atoms with E-state index in [1.807, 2.05) is 0 Å². The van der Waals surface area contributed by atoms with E-state index in [0.29, 0.717) is 6.42 Å². The lowest BCUT2D eigenvalue weighted by atomic mass is 9.68. The Morgan fingerprint density at radius 3 is 1.71 bits per heavy atom. The molecular weight excluding hydrogens is 343 g/mol. The van der Waals surface area contributed by atoms with E-state index in [1.165, 1.54) is 68.1 Å². The number of alkyl halides is 1. The van der Waals surface area contributed by atoms with Gasteiger partial charge in [-0.05, 0) is 84.5 Å². The summed E-state index contributed by atoms with van der Waals surface area (Å²) >= 11 is 0. The van der Waals surface area contributed by atoms with Crippen molar-refractivity contribution in [1.29, 1.82) is 0 Å². The van der Waals surface area contributed by atoms with Crippen molar-refractivity contribution in [2.24, 2.45) is 17.8 Å². The summed E-state index contributed by atoms with van der Waals surface area (Å²) in [6.07, 6.45) is 12.0. The summed E-state index contributed by atoms with van der Waals surface area (Å²) in [6.45, 7) is 2.14. The van der Waals surface area contributed by atoms with Crippen molar-refractivity contribution in [1.82, 2.24) is 0 Å². The van der Waals surface area contributed by atoms with E-state index in [-0.39, 0.29) is 6.67 Å². The number of hydrogen-bond donors (Lipinski definition) is 0. The lowest BCUT2D eigenvalue weighted by Crippen LogP contribution is -2.24. The molecule has 0 N–H and O–H groups in total. The van der Waals surface area contributed by atoms with E-state index < -0.39 is 0 Å². The van der Waals surface area contributed by atoms with Crippen LogP contribution in [0.1, 0.15) is 75.3 Å². The van der Waals surface area contributed by atoms with Gasteiger partial charge in [-0.2, -0.15) is 0 Å². The molecule has 0 heterocycles. The third-order valence-electron chi connectivity index (χ3n) is 7.55. The fourth-order valence-corrected chi connectivity index (χ4v) is 5.60. The summed E-state index contributed by atoms with van der Waals surface area (Å²) in [4.78, 5) is 0. The Kier molecular flexibility index (Phi) is 6.50. The Hall–Kier alpha value is -1.63. The summed E-state index contributed by atoms with van der Waals surface area (Å²) in [7, 11) is 0. The van der Waals surface area contributed by atoms with Crippen molar-refractivity contribution in [3.8, 4) is 11.1 Å². The van der Waals surface area contributed by atoms with Gasteiger partial charge in [0.15, 0.2) is 0 Å². The first-order valence-corrected chi connectivity index (χ1v) is 11.5. The van der Waals surface area contributed by atoms with E-state index in [2.05, 4.69) is 55.5 Å². The fourth-order valence-electron chi connectivity index (χ4n) is 5.60. The average molecular weight is 379 g/mol. The van der Waals surface area contributed by atoms with Crippen molar-refractivity contribution in [2.45, 2.75) is 70.6 Å². The van der Waals surface area contributed by atoms with Crippen molar-refractivity contribution in [3.63, 3.8) is 0 Å². The standard InChI is InChI=1S/C27H35F/c1-20-2-6-22(7-3-20)24-10-14-26(15-11-24)27-16-12-25(13-17-27)23-8-4-21(5-9-23)18-19-28/h4-5,8-9,12-13,16-17,20,22,24,26H,2-3,6-7,10-11,14-15,18-19H2,1H3. The van der Waals surface area contributed by atoms with Crippen molar-refractivity contribution in [3.05, 3.63) is 59.7 Å². The van der Waals surface area contributed by atoms with Crippen LogP contribution >= 0.6 is 0 Å². The van der Waals surface area contributed by atoms with Crippen molar-refractivity contribution < 1.29 is 4.39 Å². The Morgan fingerprint density at radius 2 is 1.18 bits per heavy atom. The maximum Gasteiger partial charge on any atom is 0.0934 e. The van der Waals surface area contributed by atoms with Crippen LogP contribution in [0.2, 0.25) is 0 Å². The topological polar surface area (TPSA) is 0 Å². The molecular formula is C27H35F. The van der Waals surface area contributed by atoms with E-state index in [4.69, 9.17) is 0 Å². The Morgan fingerprint density at radius 1 is 0.679 bits per heavy atom. The molecule has 0 atom stereocenters. The van der Waals surface area contributed by atoms with Crippen molar-refractivity contribution >= 4 is 0 Å². The number of benzene rings is 2. The van der Waals surface area contributed by atoms with E-state index in [9.17, 15) is 4.39 Å². The van der Waals surface area contributed by atoms with Gasteiger partial charge in [0.1, 0.15) is 0 Å². The molecule has 0 unspecified atom stereocenters. The van der Waals surface area contributed by atoms with Gasteiger partial charge in [0.05, 0.1) is 6.67 Å². The molecule has 4 rings (SSSR count). The molecule has 2 aromatic rings. The van der Waals surface area contributed by atoms with Crippen LogP contribution in [-0.4, -0.2) is 6.67 Å². The van der Waals surface area contributed by atoms with E-state index in [1.54, 1.807) is 0 Å². The monoisotopic (exact) mass is 378 g/mol. The molecule has 0 nitrogen and oxygen atoms in total. The van der Waals surface area contributed by atoms with Gasteiger partial charge >= 0.3 is 0 Å². The minimum absolute atomic E-state index is 0.282. The molecule has 2 aliphatic carbocycles. The number of halogens is 1. The molecule has 0 aliphatic heterocycles. The van der Waals surface area contributed by atoms with Gasteiger partial charge < -0.3 is 0 Å². The quantitative estimate of drug-likeness (QED) is 0.495. The molecule has 28 heavy (non-hydrogen) atoms. The van der Waals surface area contributed by atoms with Gasteiger partial charge in [-0.25, -0.2) is 0 Å². The highest BCUT2D eigenvalue weighted by molar-refractivity contribution is 5.64. The summed E-state index contributed by atoms with van der Waals surface area (Å²) in [5, 5.41) is 0. The Bertz CT molecular complexity index is 714. The maximum absolute atomic E-state index is 12.5. The first-order valence-electron chi connectivity index (χ1n) is 11.5. The second-order valence-electron chi connectivity index (χ2n) is 9.39. The Labute approximate surface area is 170 Å². The summed E-state index contributed by atoms with van der Waals surface area (Å²) in [6, 6.07) is 17.6. The molecule has 2 fully saturated rings. The molecule has 0 spiro atoms. The normalized spacial score (nSPS) is 28.2. The fraction of sp³-hybridized carbons (Fsp3) is 0.556. The zero-order chi connectivity index (χ0) is 19.3. The average Bonchev–Trinajstić information content (AvgIpc) is 2.75. The molecule has 150 valence electrons. The number of aryl methyl sites for hydroxylation is 1. The van der Waals surface area contributed by atoms with E-state index in [0.717, 1.165) is 29.2 Å². The van der Waals surface area contributed by atoms with Crippen LogP contribution in [0.15, 0.2) is 48.5 Å². The minimum Gasteiger partial charge on any atom is -0.251 e. The SMILES string of the molecule is CC1CCC(C2CCC(c3ccc(-c4ccc(CCF)cc4)cc3)CC2)CC1. The molecule has 0 aromatic heterocycles. The predicted molar refractivity (Wildman–Crippen MR) is 117 cm³/mol. The van der Waals surface area contributed by atoms with Crippen LogP contribution in [0, 0.1) is 17.8 Å². The number of rotatable bonds is 5. The molecule has 1 heteroatoms. The Balaban J connectivity index is 1.33. The van der Waals surface area contributed by atoms with Gasteiger partial charge in [-0.15, -0.1) is 0 Å². The predicted octanol–water partition coefficient (Wildman–Crippen LogP) is 7.97. The lowest BCUT2D eigenvalue weighted by Gasteiger charge is -2.37. The van der Waals surface area contributed by atoms with Gasteiger partial charge in [-0.3, -0.25) is 4.39 Å². The molecule has 2 saturated carbocycles. The number of hydrogen-bond acceptors (Lipinski definition) is 0. The first-order chi connectivity index (χ1) is 13.7. The molecule has 2 aromatic carbocycles. The smallest absolute Gasteiger partial charge is 0.0934 e. The van der Waals surface area contributed by atoms with Gasteiger partial charge in [0.2, 0.25) is 0 Å². The third-order valence-corrected chi connectivity index (χ3v) is 7.55. The zero-order valence-electron chi connectivity index (χ0n) is 17.4. The van der Waals surface area contributed by atoms with Crippen LogP contribution in [0.4, 0.5) is 4.39 Å². The first kappa shape index (κ1) is 19.7. The van der Waals surface area contributed by atoms with Crippen LogP contribution in [-0.2, 0) is 6.42 Å². The van der Waals surface area contributed by atoms with Crippen LogP contribution in [0.5, 0.6) is 0 Å². The molecule has 0 bridgehead atoms. The molecule has 0 radical (unpaired) electrons. The van der Waals surface area contributed by atoms with Crippen molar-refractivity contribution in [2.75, 3.05) is 6.67 Å². The van der Waals surface area contributed by atoms with Crippen LogP contribution in [0.3, 0.4) is 0 Å². The van der Waals surface area contributed by atoms with Gasteiger partial charge in [0.25, 0.3) is 0 Å². The zero-order valence-corrected chi connectivity index (χ0v) is 17.4. The van der Waals surface area contributed by atoms with Crippen LogP contribution in [0.25, 0.3) is 11.1 Å². The second-order valence-corrected chi connectivity index (χ2v) is 9.39.